The SMILES string of the molecule is Cc1cc(CNC2CC2)ccc1-n1cnc2c1CCCC2. The molecule has 0 amide bonds. The van der Waals surface area contributed by atoms with E-state index in [2.05, 4.69) is 40.0 Å². The van der Waals surface area contributed by atoms with Crippen LogP contribution in [0.4, 0.5) is 0 Å². The molecule has 1 fully saturated rings. The molecule has 4 rings (SSSR count). The van der Waals surface area contributed by atoms with Crippen LogP contribution in [0.3, 0.4) is 0 Å². The van der Waals surface area contributed by atoms with Gasteiger partial charge in [0.1, 0.15) is 0 Å². The molecule has 3 heteroatoms. The first-order valence-electron chi connectivity index (χ1n) is 8.19. The van der Waals surface area contributed by atoms with Gasteiger partial charge >= 0.3 is 0 Å². The third kappa shape index (κ3) is 2.62. The molecule has 0 radical (unpaired) electrons. The largest absolute Gasteiger partial charge is 0.310 e. The summed E-state index contributed by atoms with van der Waals surface area (Å²) in [5, 5.41) is 3.59. The quantitative estimate of drug-likeness (QED) is 0.932. The van der Waals surface area contributed by atoms with Gasteiger partial charge in [0, 0.05) is 24.0 Å². The van der Waals surface area contributed by atoms with Gasteiger partial charge in [0.2, 0.25) is 0 Å². The second-order valence-electron chi connectivity index (χ2n) is 6.49. The molecule has 1 heterocycles. The van der Waals surface area contributed by atoms with Crippen molar-refractivity contribution in [2.24, 2.45) is 0 Å². The number of aryl methyl sites for hydroxylation is 2. The smallest absolute Gasteiger partial charge is 0.0997 e. The van der Waals surface area contributed by atoms with E-state index in [1.165, 1.54) is 60.3 Å². The normalized spacial score (nSPS) is 17.8. The van der Waals surface area contributed by atoms with E-state index in [9.17, 15) is 0 Å². The highest BCUT2D eigenvalue weighted by Gasteiger charge is 2.20. The fourth-order valence-electron chi connectivity index (χ4n) is 3.32. The van der Waals surface area contributed by atoms with Crippen LogP contribution < -0.4 is 5.32 Å². The van der Waals surface area contributed by atoms with Crippen molar-refractivity contribution in [1.82, 2.24) is 14.9 Å². The highest BCUT2D eigenvalue weighted by Crippen LogP contribution is 2.25. The van der Waals surface area contributed by atoms with E-state index in [4.69, 9.17) is 0 Å². The predicted octanol–water partition coefficient (Wildman–Crippen LogP) is 3.31. The van der Waals surface area contributed by atoms with E-state index in [-0.39, 0.29) is 0 Å². The minimum absolute atomic E-state index is 0.769. The number of rotatable bonds is 4. The lowest BCUT2D eigenvalue weighted by Crippen LogP contribution is -2.15. The monoisotopic (exact) mass is 281 g/mol. The maximum atomic E-state index is 4.62. The Morgan fingerprint density at radius 2 is 2.10 bits per heavy atom. The Bertz CT molecular complexity index is 652. The molecule has 2 aliphatic rings. The second kappa shape index (κ2) is 5.30. The Hall–Kier alpha value is -1.61. The van der Waals surface area contributed by atoms with Crippen LogP contribution in [0.5, 0.6) is 0 Å². The van der Waals surface area contributed by atoms with E-state index in [1.54, 1.807) is 0 Å². The van der Waals surface area contributed by atoms with Gasteiger partial charge in [-0.25, -0.2) is 4.98 Å². The summed E-state index contributed by atoms with van der Waals surface area (Å²) < 4.78 is 2.31. The molecular weight excluding hydrogens is 258 g/mol. The maximum Gasteiger partial charge on any atom is 0.0997 e. The lowest BCUT2D eigenvalue weighted by Gasteiger charge is -2.16. The van der Waals surface area contributed by atoms with Crippen LogP contribution in [0.25, 0.3) is 5.69 Å². The molecule has 2 aromatic rings. The molecule has 1 aromatic heterocycles. The molecule has 0 spiro atoms. The van der Waals surface area contributed by atoms with Crippen molar-refractivity contribution in [2.45, 2.75) is 58.0 Å². The van der Waals surface area contributed by atoms with Crippen LogP contribution in [0, 0.1) is 6.92 Å². The molecule has 0 unspecified atom stereocenters. The molecule has 3 nitrogen and oxygen atoms in total. The van der Waals surface area contributed by atoms with E-state index < -0.39 is 0 Å². The summed E-state index contributed by atoms with van der Waals surface area (Å²) in [5.41, 5.74) is 6.75. The van der Waals surface area contributed by atoms with E-state index in [1.807, 2.05) is 6.33 Å². The molecule has 21 heavy (non-hydrogen) atoms. The summed E-state index contributed by atoms with van der Waals surface area (Å²) >= 11 is 0. The van der Waals surface area contributed by atoms with Gasteiger partial charge in [-0.05, 0) is 62.6 Å². The summed E-state index contributed by atoms with van der Waals surface area (Å²) in [6, 6.07) is 7.61. The summed E-state index contributed by atoms with van der Waals surface area (Å²) in [4.78, 5) is 4.62. The molecule has 1 N–H and O–H groups in total. The zero-order valence-electron chi connectivity index (χ0n) is 12.7. The summed E-state index contributed by atoms with van der Waals surface area (Å²) in [7, 11) is 0. The number of imidazole rings is 1. The van der Waals surface area contributed by atoms with Gasteiger partial charge < -0.3 is 9.88 Å². The fourth-order valence-corrected chi connectivity index (χ4v) is 3.32. The molecule has 1 saturated carbocycles. The Morgan fingerprint density at radius 1 is 1.24 bits per heavy atom. The van der Waals surface area contributed by atoms with Gasteiger partial charge in [-0.15, -0.1) is 0 Å². The van der Waals surface area contributed by atoms with Crippen molar-refractivity contribution in [2.75, 3.05) is 0 Å². The summed E-state index contributed by atoms with van der Waals surface area (Å²) in [6.45, 7) is 3.21. The van der Waals surface area contributed by atoms with Crippen LogP contribution in [0.1, 0.15) is 48.2 Å². The highest BCUT2D eigenvalue weighted by atomic mass is 15.1. The fraction of sp³-hybridized carbons (Fsp3) is 0.500. The molecule has 110 valence electrons. The van der Waals surface area contributed by atoms with Crippen molar-refractivity contribution in [3.8, 4) is 5.69 Å². The van der Waals surface area contributed by atoms with E-state index >= 15 is 0 Å². The van der Waals surface area contributed by atoms with Crippen LogP contribution in [-0.4, -0.2) is 15.6 Å². The minimum Gasteiger partial charge on any atom is -0.310 e. The maximum absolute atomic E-state index is 4.62. The Balaban J connectivity index is 1.60. The molecule has 0 saturated heterocycles. The lowest BCUT2D eigenvalue weighted by atomic mass is 10.0. The van der Waals surface area contributed by atoms with E-state index in [0.29, 0.717) is 0 Å². The minimum atomic E-state index is 0.769. The van der Waals surface area contributed by atoms with Crippen molar-refractivity contribution < 1.29 is 0 Å². The van der Waals surface area contributed by atoms with E-state index in [0.717, 1.165) is 19.0 Å². The number of aromatic nitrogens is 2. The number of hydrogen-bond donors (Lipinski definition) is 1. The first-order chi connectivity index (χ1) is 10.3. The van der Waals surface area contributed by atoms with Crippen molar-refractivity contribution in [3.05, 3.63) is 47.0 Å². The zero-order chi connectivity index (χ0) is 14.2. The van der Waals surface area contributed by atoms with Crippen molar-refractivity contribution >= 4 is 0 Å². The van der Waals surface area contributed by atoms with Gasteiger partial charge in [0.05, 0.1) is 12.0 Å². The molecule has 0 aliphatic heterocycles. The number of nitrogens with zero attached hydrogens (tertiary/aromatic N) is 2. The average molecular weight is 281 g/mol. The molecule has 1 aromatic carbocycles. The van der Waals surface area contributed by atoms with Gasteiger partial charge in [0.15, 0.2) is 0 Å². The van der Waals surface area contributed by atoms with Crippen LogP contribution in [0.2, 0.25) is 0 Å². The number of hydrogen-bond acceptors (Lipinski definition) is 2. The Labute approximate surface area is 126 Å². The zero-order valence-corrected chi connectivity index (χ0v) is 12.7. The second-order valence-corrected chi connectivity index (χ2v) is 6.49. The topological polar surface area (TPSA) is 29.9 Å². The van der Waals surface area contributed by atoms with Gasteiger partial charge in [0.25, 0.3) is 0 Å². The third-order valence-corrected chi connectivity index (χ3v) is 4.72. The predicted molar refractivity (Wildman–Crippen MR) is 84.8 cm³/mol. The van der Waals surface area contributed by atoms with Gasteiger partial charge in [-0.3, -0.25) is 0 Å². The summed E-state index contributed by atoms with van der Waals surface area (Å²) in [6.07, 6.45) is 9.59. The van der Waals surface area contributed by atoms with Crippen molar-refractivity contribution in [1.29, 1.82) is 0 Å². The number of fused-ring (bicyclic) bond motifs is 1. The molecule has 0 bridgehead atoms. The first-order valence-corrected chi connectivity index (χ1v) is 8.19. The molecule has 2 aliphatic carbocycles. The van der Waals surface area contributed by atoms with Crippen LogP contribution >= 0.6 is 0 Å². The highest BCUT2D eigenvalue weighted by molar-refractivity contribution is 5.45. The third-order valence-electron chi connectivity index (χ3n) is 4.72. The van der Waals surface area contributed by atoms with Gasteiger partial charge in [-0.2, -0.15) is 0 Å². The standard InChI is InChI=1S/C18H23N3/c1-13-10-14(11-19-15-7-8-15)6-9-17(13)21-12-20-16-4-2-3-5-18(16)21/h6,9-10,12,15,19H,2-5,7-8,11H2,1H3. The summed E-state index contributed by atoms with van der Waals surface area (Å²) in [5.74, 6) is 0. The average Bonchev–Trinajstić information content (AvgIpc) is 3.24. The molecule has 0 atom stereocenters. The lowest BCUT2D eigenvalue weighted by molar-refractivity contribution is 0.655. The number of benzene rings is 1. The first kappa shape index (κ1) is 13.1. The van der Waals surface area contributed by atoms with Crippen LogP contribution in [-0.2, 0) is 19.4 Å². The number of nitrogens with one attached hydrogen (secondary N) is 1. The van der Waals surface area contributed by atoms with Crippen molar-refractivity contribution in [3.63, 3.8) is 0 Å². The molecular formula is C18H23N3. The van der Waals surface area contributed by atoms with Gasteiger partial charge in [-0.1, -0.05) is 12.1 Å². The Kier molecular flexibility index (Phi) is 3.30. The Morgan fingerprint density at radius 3 is 2.90 bits per heavy atom. The van der Waals surface area contributed by atoms with Crippen LogP contribution in [0.15, 0.2) is 24.5 Å².